The van der Waals surface area contributed by atoms with Crippen molar-refractivity contribution < 1.29 is 80.5 Å². The Hall–Kier alpha value is -2.64. The molecule has 2 aromatic rings. The van der Waals surface area contributed by atoms with Gasteiger partial charge in [-0.25, -0.2) is 28.6 Å². The minimum Gasteiger partial charge on any atom is -0.386 e. The maximum absolute atomic E-state index is 12.7. The zero-order valence-electron chi connectivity index (χ0n) is 32.7. The zero-order chi connectivity index (χ0) is 44.2. The maximum Gasteiger partial charge on any atom is 0.481 e. The van der Waals surface area contributed by atoms with Crippen LogP contribution in [0, 0.1) is 5.41 Å². The van der Waals surface area contributed by atoms with Gasteiger partial charge < -0.3 is 56.2 Å². The first-order valence-corrected chi connectivity index (χ1v) is 23.8. The second-order valence-electron chi connectivity index (χ2n) is 13.9. The lowest BCUT2D eigenvalue weighted by molar-refractivity contribution is -0.137. The number of thioether (sulfide) groups is 1. The Morgan fingerprint density at radius 3 is 2.37 bits per heavy atom. The molecule has 1 aliphatic rings. The number of carbonyl (C=O) groups is 3. The molecular weight excluding hydrogens is 869 g/mol. The van der Waals surface area contributed by atoms with Gasteiger partial charge in [0.2, 0.25) is 17.7 Å². The molecule has 0 radical (unpaired) electrons. The maximum atomic E-state index is 12.7. The third-order valence-corrected chi connectivity index (χ3v) is 13.1. The Bertz CT molecular complexity index is 1870. The van der Waals surface area contributed by atoms with Gasteiger partial charge in [-0.15, -0.1) is 11.8 Å². The summed E-state index contributed by atoms with van der Waals surface area (Å²) in [6.07, 6.45) is -2.04. The number of aliphatic hydroxyl groups is 2. The van der Waals surface area contributed by atoms with Crippen molar-refractivity contribution in [2.45, 2.75) is 95.2 Å². The van der Waals surface area contributed by atoms with E-state index in [0.717, 1.165) is 49.3 Å². The Morgan fingerprint density at radius 2 is 1.71 bits per heavy atom. The molecule has 0 aliphatic carbocycles. The lowest BCUT2D eigenvalue weighted by Crippen LogP contribution is -2.46. The SMILES string of the molecule is CCCCCCC(SCCNC(=O)CCNC(=O)C(O)C(C)(C)COP(=O)(O)OP(=O)(O)OCC1OC(n2cnc3c(N)ncnc32)C(O)C1OP(=O)(O)O)C(=O)NC. The fourth-order valence-electron chi connectivity index (χ4n) is 5.54. The van der Waals surface area contributed by atoms with Gasteiger partial charge in [-0.2, -0.15) is 4.31 Å². The van der Waals surface area contributed by atoms with Gasteiger partial charge in [0.15, 0.2) is 17.7 Å². The molecule has 25 nitrogen and oxygen atoms in total. The van der Waals surface area contributed by atoms with Crippen LogP contribution in [0.5, 0.6) is 0 Å². The van der Waals surface area contributed by atoms with Crippen molar-refractivity contribution in [3.63, 3.8) is 0 Å². The van der Waals surface area contributed by atoms with E-state index in [1.807, 2.05) is 0 Å². The average molecular weight is 923 g/mol. The fourth-order valence-corrected chi connectivity index (χ4v) is 9.47. The van der Waals surface area contributed by atoms with Crippen LogP contribution in [-0.2, 0) is 50.7 Å². The summed E-state index contributed by atoms with van der Waals surface area (Å²) >= 11 is 1.43. The lowest BCUT2D eigenvalue weighted by atomic mass is 9.87. The predicted molar refractivity (Wildman–Crippen MR) is 209 cm³/mol. The number of hydrogen-bond acceptors (Lipinski definition) is 18. The Morgan fingerprint density at radius 1 is 1.02 bits per heavy atom. The molecule has 3 heterocycles. The van der Waals surface area contributed by atoms with Crippen LogP contribution in [0.3, 0.4) is 0 Å². The van der Waals surface area contributed by atoms with Crippen LogP contribution in [0.25, 0.3) is 11.2 Å². The van der Waals surface area contributed by atoms with E-state index in [9.17, 15) is 57.9 Å². The summed E-state index contributed by atoms with van der Waals surface area (Å²) in [7, 11) is -14.8. The van der Waals surface area contributed by atoms with Crippen molar-refractivity contribution in [3.8, 4) is 0 Å². The highest BCUT2D eigenvalue weighted by molar-refractivity contribution is 8.00. The first-order chi connectivity index (χ1) is 27.5. The van der Waals surface area contributed by atoms with Gasteiger partial charge in [-0.05, 0) is 6.42 Å². The number of anilines is 1. The number of imidazole rings is 1. The number of carbonyl (C=O) groups excluding carboxylic acids is 3. The topological polar surface area (TPSA) is 376 Å². The number of nitrogens with zero attached hydrogens (tertiary/aromatic N) is 4. The summed E-state index contributed by atoms with van der Waals surface area (Å²) in [5, 5.41) is 29.0. The largest absolute Gasteiger partial charge is 0.481 e. The van der Waals surface area contributed by atoms with Crippen molar-refractivity contribution in [1.82, 2.24) is 35.5 Å². The molecule has 8 unspecified atom stereocenters. The number of aromatic nitrogens is 4. The predicted octanol–water partition coefficient (Wildman–Crippen LogP) is 0.223. The van der Waals surface area contributed by atoms with E-state index >= 15 is 0 Å². The highest BCUT2D eigenvalue weighted by Crippen LogP contribution is 2.61. The zero-order valence-corrected chi connectivity index (χ0v) is 36.2. The van der Waals surface area contributed by atoms with Crippen LogP contribution >= 0.6 is 35.2 Å². The molecule has 2 aromatic heterocycles. The second kappa shape index (κ2) is 22.5. The summed E-state index contributed by atoms with van der Waals surface area (Å²) in [4.78, 5) is 88.2. The number of nitrogens with two attached hydrogens (primary N) is 1. The third kappa shape index (κ3) is 16.0. The van der Waals surface area contributed by atoms with Crippen molar-refractivity contribution in [1.29, 1.82) is 0 Å². The summed E-state index contributed by atoms with van der Waals surface area (Å²) in [6.45, 7) is 2.71. The van der Waals surface area contributed by atoms with E-state index in [1.54, 1.807) is 7.05 Å². The molecule has 0 spiro atoms. The van der Waals surface area contributed by atoms with Gasteiger partial charge in [0, 0.05) is 37.7 Å². The summed E-state index contributed by atoms with van der Waals surface area (Å²) in [5.74, 6) is -0.999. The molecular formula is C30H53N8O17P3S. The molecule has 0 saturated carbocycles. The Kier molecular flexibility index (Phi) is 19.3. The summed E-state index contributed by atoms with van der Waals surface area (Å²) in [6, 6.07) is 0. The van der Waals surface area contributed by atoms with E-state index in [1.165, 1.54) is 25.6 Å². The van der Waals surface area contributed by atoms with Crippen molar-refractivity contribution in [2.75, 3.05) is 44.8 Å². The average Bonchev–Trinajstić information content (AvgIpc) is 3.71. The molecule has 1 aliphatic heterocycles. The minimum absolute atomic E-state index is 0.0318. The standard InChI is InChI=1S/C30H53N8O17P3S/c1-5-6-7-8-9-19(27(42)32-4)59-13-12-33-20(39)10-11-34-28(43)24(41)30(2,3)15-52-58(49,50)55-57(47,48)51-14-18-23(54-56(44,45)46)22(40)29(53-18)38-17-37-21-25(31)35-16-36-26(21)38/h16-19,22-24,29,40-41H,5-15H2,1-4H3,(H,32,42)(H,33,39)(H,34,43)(H,47,48)(H,49,50)(H2,31,35,36)(H2,44,45,46). The monoisotopic (exact) mass is 922 g/mol. The van der Waals surface area contributed by atoms with Crippen molar-refractivity contribution >= 4 is 69.9 Å². The van der Waals surface area contributed by atoms with Crippen molar-refractivity contribution in [2.24, 2.45) is 5.41 Å². The number of fused-ring (bicyclic) bond motifs is 1. The number of ether oxygens (including phenoxy) is 1. The molecule has 8 atom stereocenters. The van der Waals surface area contributed by atoms with Gasteiger partial charge in [0.1, 0.15) is 36.3 Å². The molecule has 0 bridgehead atoms. The molecule has 1 saturated heterocycles. The normalized spacial score (nSPS) is 21.7. The van der Waals surface area contributed by atoms with Crippen molar-refractivity contribution in [3.05, 3.63) is 12.7 Å². The minimum atomic E-state index is -5.57. The van der Waals surface area contributed by atoms with Crippen LogP contribution in [0.2, 0.25) is 0 Å². The van der Waals surface area contributed by atoms with Gasteiger partial charge in [-0.1, -0.05) is 46.5 Å². The van der Waals surface area contributed by atoms with Gasteiger partial charge >= 0.3 is 23.5 Å². The summed E-state index contributed by atoms with van der Waals surface area (Å²) < 4.78 is 62.3. The van der Waals surface area contributed by atoms with Gasteiger partial charge in [0.05, 0.1) is 24.8 Å². The third-order valence-electron chi connectivity index (χ3n) is 8.68. The number of phosphoric ester groups is 3. The number of hydrogen-bond donors (Lipinski definition) is 10. The van der Waals surface area contributed by atoms with E-state index < -0.39 is 84.6 Å². The first kappa shape index (κ1) is 50.7. The molecule has 3 rings (SSSR count). The summed E-state index contributed by atoms with van der Waals surface area (Å²) in [5.41, 5.74) is 4.27. The number of nitrogens with one attached hydrogen (secondary N) is 3. The molecule has 336 valence electrons. The van der Waals surface area contributed by atoms with Crippen LogP contribution in [0.15, 0.2) is 12.7 Å². The second-order valence-corrected chi connectivity index (χ2v) is 19.4. The quantitative estimate of drug-likeness (QED) is 0.0446. The van der Waals surface area contributed by atoms with E-state index in [-0.39, 0.29) is 47.6 Å². The van der Waals surface area contributed by atoms with E-state index in [4.69, 9.17) is 19.5 Å². The molecule has 3 amide bonds. The molecule has 1 fully saturated rings. The number of phosphoric acid groups is 3. The van der Waals surface area contributed by atoms with Crippen LogP contribution in [-0.4, -0.2) is 136 Å². The van der Waals surface area contributed by atoms with Crippen LogP contribution in [0.1, 0.15) is 65.5 Å². The fraction of sp³-hybridized carbons (Fsp3) is 0.733. The number of nitrogen functional groups attached to an aromatic ring is 1. The van der Waals surface area contributed by atoms with Gasteiger partial charge in [0.25, 0.3) is 0 Å². The van der Waals surface area contributed by atoms with Gasteiger partial charge in [-0.3, -0.25) is 32.5 Å². The number of amides is 3. The smallest absolute Gasteiger partial charge is 0.386 e. The lowest BCUT2D eigenvalue weighted by Gasteiger charge is -2.30. The number of rotatable bonds is 26. The van der Waals surface area contributed by atoms with Crippen LogP contribution < -0.4 is 21.7 Å². The van der Waals surface area contributed by atoms with E-state index in [0.29, 0.717) is 5.75 Å². The Labute approximate surface area is 343 Å². The highest BCUT2D eigenvalue weighted by Gasteiger charge is 2.50. The molecule has 29 heteroatoms. The molecule has 59 heavy (non-hydrogen) atoms. The number of aliphatic hydroxyl groups excluding tert-OH is 2. The molecule has 0 aromatic carbocycles. The highest BCUT2D eigenvalue weighted by atomic mass is 32.2. The van der Waals surface area contributed by atoms with E-state index in [2.05, 4.69) is 46.7 Å². The molecule has 11 N–H and O–H groups in total. The number of unbranched alkanes of at least 4 members (excludes halogenated alkanes) is 3. The van der Waals surface area contributed by atoms with Crippen LogP contribution in [0.4, 0.5) is 5.82 Å². The first-order valence-electron chi connectivity index (χ1n) is 18.2. The Balaban J connectivity index is 1.47.